The highest BCUT2D eigenvalue weighted by atomic mass is 16.6. The summed E-state index contributed by atoms with van der Waals surface area (Å²) < 4.78 is 17.1. The van der Waals surface area contributed by atoms with Crippen molar-refractivity contribution >= 4 is 10.8 Å². The molecule has 3 heteroatoms. The van der Waals surface area contributed by atoms with Gasteiger partial charge in [0.1, 0.15) is 13.2 Å². The van der Waals surface area contributed by atoms with Crippen LogP contribution in [0.5, 0.6) is 11.5 Å². The van der Waals surface area contributed by atoms with Gasteiger partial charge in [-0.3, -0.25) is 0 Å². The van der Waals surface area contributed by atoms with Crippen molar-refractivity contribution in [1.29, 1.82) is 0 Å². The van der Waals surface area contributed by atoms with Crippen molar-refractivity contribution < 1.29 is 14.2 Å². The average molecular weight is 242 g/mol. The van der Waals surface area contributed by atoms with E-state index in [1.165, 1.54) is 10.8 Å². The Labute approximate surface area is 105 Å². The van der Waals surface area contributed by atoms with Crippen LogP contribution in [-0.2, 0) is 4.74 Å². The van der Waals surface area contributed by atoms with Crippen molar-refractivity contribution in [2.75, 3.05) is 26.4 Å². The molecule has 3 nitrogen and oxygen atoms in total. The normalized spacial score (nSPS) is 20.4. The van der Waals surface area contributed by atoms with Crippen molar-refractivity contribution in [2.45, 2.75) is 0 Å². The van der Waals surface area contributed by atoms with Gasteiger partial charge in [0.15, 0.2) is 11.5 Å². The van der Waals surface area contributed by atoms with E-state index in [-0.39, 0.29) is 5.41 Å². The van der Waals surface area contributed by atoms with Gasteiger partial charge < -0.3 is 14.2 Å². The molecule has 1 spiro atoms. The molecule has 2 aromatic rings. The highest BCUT2D eigenvalue weighted by molar-refractivity contribution is 5.86. The summed E-state index contributed by atoms with van der Waals surface area (Å²) in [7, 11) is 0. The summed E-state index contributed by atoms with van der Waals surface area (Å²) in [6, 6.07) is 12.4. The molecular weight excluding hydrogens is 228 g/mol. The van der Waals surface area contributed by atoms with Crippen molar-refractivity contribution in [3.63, 3.8) is 0 Å². The van der Waals surface area contributed by atoms with Crippen LogP contribution in [0.15, 0.2) is 36.4 Å². The second-order valence-corrected chi connectivity index (χ2v) is 5.22. The molecule has 0 aromatic heterocycles. The SMILES string of the molecule is c1ccc2cc3c(cc2c1)OCC1(COC1)CO3. The van der Waals surface area contributed by atoms with Crippen LogP contribution in [0.25, 0.3) is 10.8 Å². The number of fused-ring (bicyclic) bond motifs is 2. The summed E-state index contributed by atoms with van der Waals surface area (Å²) in [5.74, 6) is 1.69. The average Bonchev–Trinajstić information content (AvgIpc) is 2.55. The molecule has 0 aliphatic carbocycles. The van der Waals surface area contributed by atoms with Gasteiger partial charge in [-0.15, -0.1) is 0 Å². The third-order valence-corrected chi connectivity index (χ3v) is 3.70. The topological polar surface area (TPSA) is 27.7 Å². The first-order valence-electron chi connectivity index (χ1n) is 6.21. The van der Waals surface area contributed by atoms with Crippen LogP contribution in [0.1, 0.15) is 0 Å². The summed E-state index contributed by atoms with van der Waals surface area (Å²) in [6.07, 6.45) is 0. The molecule has 4 rings (SSSR count). The van der Waals surface area contributed by atoms with Crippen molar-refractivity contribution in [2.24, 2.45) is 5.41 Å². The molecule has 0 N–H and O–H groups in total. The van der Waals surface area contributed by atoms with Gasteiger partial charge in [-0.2, -0.15) is 0 Å². The Morgan fingerprint density at radius 3 is 1.78 bits per heavy atom. The Kier molecular flexibility index (Phi) is 2.06. The van der Waals surface area contributed by atoms with E-state index in [0.29, 0.717) is 13.2 Å². The lowest BCUT2D eigenvalue weighted by atomic mass is 9.88. The molecule has 2 aliphatic heterocycles. The van der Waals surface area contributed by atoms with Gasteiger partial charge in [0.25, 0.3) is 0 Å². The monoisotopic (exact) mass is 242 g/mol. The van der Waals surface area contributed by atoms with Gasteiger partial charge >= 0.3 is 0 Å². The molecule has 2 heterocycles. The maximum atomic E-state index is 5.91. The Morgan fingerprint density at radius 2 is 1.33 bits per heavy atom. The van der Waals surface area contributed by atoms with Crippen molar-refractivity contribution in [1.82, 2.24) is 0 Å². The number of hydrogen-bond donors (Lipinski definition) is 0. The minimum atomic E-state index is 0.0607. The van der Waals surface area contributed by atoms with Crippen LogP contribution in [0.2, 0.25) is 0 Å². The van der Waals surface area contributed by atoms with Gasteiger partial charge in [0.05, 0.1) is 18.6 Å². The van der Waals surface area contributed by atoms with E-state index in [4.69, 9.17) is 14.2 Å². The lowest BCUT2D eigenvalue weighted by Gasteiger charge is -2.38. The van der Waals surface area contributed by atoms with E-state index < -0.39 is 0 Å². The largest absolute Gasteiger partial charge is 0.489 e. The predicted octanol–water partition coefficient (Wildman–Crippen LogP) is 2.63. The second-order valence-electron chi connectivity index (χ2n) is 5.22. The molecule has 0 radical (unpaired) electrons. The zero-order valence-corrected chi connectivity index (χ0v) is 10.0. The third kappa shape index (κ3) is 1.47. The van der Waals surface area contributed by atoms with Crippen LogP contribution in [0.3, 0.4) is 0 Å². The van der Waals surface area contributed by atoms with Gasteiger partial charge in [0, 0.05) is 0 Å². The molecule has 0 unspecified atom stereocenters. The third-order valence-electron chi connectivity index (χ3n) is 3.70. The summed E-state index contributed by atoms with van der Waals surface area (Å²) in [5.41, 5.74) is 0.0607. The summed E-state index contributed by atoms with van der Waals surface area (Å²) >= 11 is 0. The van der Waals surface area contributed by atoms with Crippen LogP contribution in [0, 0.1) is 5.41 Å². The molecule has 1 saturated heterocycles. The first kappa shape index (κ1) is 10.2. The van der Waals surface area contributed by atoms with E-state index >= 15 is 0 Å². The highest BCUT2D eigenvalue weighted by Gasteiger charge is 2.42. The Morgan fingerprint density at radius 1 is 0.778 bits per heavy atom. The smallest absolute Gasteiger partial charge is 0.161 e. The molecule has 2 aliphatic rings. The molecule has 2 aromatic carbocycles. The standard InChI is InChI=1S/C15H14O3/c1-2-4-12-6-14-13(5-11(12)3-1)17-9-15(10-18-14)7-16-8-15/h1-6H,7-10H2. The Balaban J connectivity index is 1.77. The van der Waals surface area contributed by atoms with E-state index in [0.717, 1.165) is 24.7 Å². The summed E-state index contributed by atoms with van der Waals surface area (Å²) in [6.45, 7) is 2.83. The number of rotatable bonds is 0. The molecule has 1 fully saturated rings. The van der Waals surface area contributed by atoms with Crippen LogP contribution >= 0.6 is 0 Å². The number of benzene rings is 2. The lowest BCUT2D eigenvalue weighted by molar-refractivity contribution is -0.143. The fraction of sp³-hybridized carbons (Fsp3) is 0.333. The Bertz CT molecular complexity index is 553. The molecule has 18 heavy (non-hydrogen) atoms. The van der Waals surface area contributed by atoms with Crippen LogP contribution in [0.4, 0.5) is 0 Å². The van der Waals surface area contributed by atoms with Gasteiger partial charge in [-0.05, 0) is 22.9 Å². The van der Waals surface area contributed by atoms with Crippen LogP contribution in [-0.4, -0.2) is 26.4 Å². The maximum absolute atomic E-state index is 5.91. The molecule has 0 saturated carbocycles. The molecule has 0 amide bonds. The van der Waals surface area contributed by atoms with Gasteiger partial charge in [0.2, 0.25) is 0 Å². The molecule has 92 valence electrons. The fourth-order valence-electron chi connectivity index (χ4n) is 2.48. The molecule has 0 atom stereocenters. The first-order chi connectivity index (χ1) is 8.85. The predicted molar refractivity (Wildman–Crippen MR) is 68.2 cm³/mol. The number of ether oxygens (including phenoxy) is 3. The lowest BCUT2D eigenvalue weighted by Crippen LogP contribution is -2.50. The summed E-state index contributed by atoms with van der Waals surface area (Å²) in [5, 5.41) is 2.36. The number of hydrogen-bond acceptors (Lipinski definition) is 3. The Hall–Kier alpha value is -1.74. The van der Waals surface area contributed by atoms with E-state index in [9.17, 15) is 0 Å². The fourth-order valence-corrected chi connectivity index (χ4v) is 2.48. The highest BCUT2D eigenvalue weighted by Crippen LogP contribution is 2.39. The van der Waals surface area contributed by atoms with Gasteiger partial charge in [-0.1, -0.05) is 24.3 Å². The minimum Gasteiger partial charge on any atom is -0.489 e. The van der Waals surface area contributed by atoms with Crippen molar-refractivity contribution in [3.8, 4) is 11.5 Å². The molecular formula is C15H14O3. The van der Waals surface area contributed by atoms with Crippen molar-refractivity contribution in [3.05, 3.63) is 36.4 Å². The minimum absolute atomic E-state index is 0.0607. The quantitative estimate of drug-likeness (QED) is 0.710. The maximum Gasteiger partial charge on any atom is 0.161 e. The van der Waals surface area contributed by atoms with E-state index in [1.807, 2.05) is 12.1 Å². The molecule has 0 bridgehead atoms. The second kappa shape index (κ2) is 3.62. The first-order valence-corrected chi connectivity index (χ1v) is 6.21. The zero-order chi connectivity index (χ0) is 12.0. The zero-order valence-electron chi connectivity index (χ0n) is 10.0. The van der Waals surface area contributed by atoms with E-state index in [2.05, 4.69) is 24.3 Å². The van der Waals surface area contributed by atoms with Crippen LogP contribution < -0.4 is 9.47 Å². The van der Waals surface area contributed by atoms with E-state index in [1.54, 1.807) is 0 Å². The summed E-state index contributed by atoms with van der Waals surface area (Å²) in [4.78, 5) is 0. The van der Waals surface area contributed by atoms with Gasteiger partial charge in [-0.25, -0.2) is 0 Å².